The Bertz CT molecular complexity index is 1130. The number of hydrogen-bond acceptors (Lipinski definition) is 5. The molecule has 3 rings (SSSR count). The van der Waals surface area contributed by atoms with E-state index in [9.17, 15) is 44.7 Å². The summed E-state index contributed by atoms with van der Waals surface area (Å²) in [4.78, 5) is 32.4. The fourth-order valence-electron chi connectivity index (χ4n) is 3.25. The molecule has 2 N–H and O–H groups in total. The van der Waals surface area contributed by atoms with E-state index >= 15 is 0 Å². The zero-order valence-corrected chi connectivity index (χ0v) is 18.1. The largest absolute Gasteiger partial charge is 0.436 e. The zero-order valence-electron chi connectivity index (χ0n) is 18.1. The average molecular weight is 527 g/mol. The monoisotopic (exact) mass is 527 g/mol. The second kappa shape index (κ2) is 10.5. The number of nitrogens with one attached hydrogen (secondary N) is 2. The van der Waals surface area contributed by atoms with Gasteiger partial charge in [0.15, 0.2) is 17.3 Å². The van der Waals surface area contributed by atoms with Crippen molar-refractivity contribution in [2.75, 3.05) is 13.1 Å². The van der Waals surface area contributed by atoms with Gasteiger partial charge >= 0.3 is 18.6 Å². The van der Waals surface area contributed by atoms with Crippen LogP contribution in [0.4, 0.5) is 39.9 Å². The quantitative estimate of drug-likeness (QED) is 0.562. The van der Waals surface area contributed by atoms with Crippen LogP contribution in [0.3, 0.4) is 0 Å². The fourth-order valence-corrected chi connectivity index (χ4v) is 3.25. The number of urea groups is 1. The second-order valence-electron chi connectivity index (χ2n) is 7.47. The molecule has 3 amide bonds. The molecule has 0 aromatic carbocycles. The first-order chi connectivity index (χ1) is 16.8. The third-order valence-corrected chi connectivity index (χ3v) is 5.04. The minimum atomic E-state index is -5.22. The van der Waals surface area contributed by atoms with Crippen molar-refractivity contribution in [2.24, 2.45) is 0 Å². The highest BCUT2D eigenvalue weighted by Gasteiger charge is 2.38. The van der Waals surface area contributed by atoms with Crippen LogP contribution in [0.1, 0.15) is 29.9 Å². The lowest BCUT2D eigenvalue weighted by Gasteiger charge is -2.34. The predicted octanol–water partition coefficient (Wildman–Crippen LogP) is 3.33. The standard InChI is InChI=1S/C20H17F8N5O3/c1-8-17(34)29-4-5-33(8)19(35)32-13(12-3-2-10(21)14(31-12)20(26,27)28)9-6-11(22)18(30-7-9)36-16(25)15(23)24/h2-3,6-8,13,15-16H,4-5H2,1H3,(H,29,34)(H,32,35)/t8-,13+,16?/m1/s1. The first-order valence-electron chi connectivity index (χ1n) is 10.1. The van der Waals surface area contributed by atoms with Gasteiger partial charge in [-0.3, -0.25) is 4.79 Å². The Kier molecular flexibility index (Phi) is 7.83. The highest BCUT2D eigenvalue weighted by Crippen LogP contribution is 2.32. The molecule has 1 aliphatic heterocycles. The number of piperazine rings is 1. The van der Waals surface area contributed by atoms with Crippen LogP contribution in [0, 0.1) is 11.6 Å². The molecule has 0 bridgehead atoms. The summed E-state index contributed by atoms with van der Waals surface area (Å²) in [6.07, 6.45) is -11.3. The number of aromatic nitrogens is 2. The number of pyridine rings is 2. The van der Waals surface area contributed by atoms with E-state index in [1.165, 1.54) is 6.92 Å². The van der Waals surface area contributed by atoms with Gasteiger partial charge in [0.1, 0.15) is 6.04 Å². The smallest absolute Gasteiger partial charge is 0.435 e. The lowest BCUT2D eigenvalue weighted by molar-refractivity contribution is -0.143. The Hall–Kier alpha value is -3.72. The van der Waals surface area contributed by atoms with Crippen molar-refractivity contribution in [3.8, 4) is 5.88 Å². The highest BCUT2D eigenvalue weighted by atomic mass is 19.4. The Morgan fingerprint density at radius 3 is 2.53 bits per heavy atom. The molecule has 8 nitrogen and oxygen atoms in total. The molecule has 3 heterocycles. The van der Waals surface area contributed by atoms with Gasteiger partial charge in [0, 0.05) is 24.8 Å². The van der Waals surface area contributed by atoms with Crippen LogP contribution in [0.2, 0.25) is 0 Å². The van der Waals surface area contributed by atoms with Crippen LogP contribution in [0.5, 0.6) is 5.88 Å². The zero-order chi connectivity index (χ0) is 26.8. The van der Waals surface area contributed by atoms with E-state index in [4.69, 9.17) is 0 Å². The second-order valence-corrected chi connectivity index (χ2v) is 7.47. The SMILES string of the molecule is C[C@@H]1C(=O)NCCN1C(=O)N[C@@H](c1cnc(OC(F)C(F)F)c(F)c1)c1ccc(F)c(C(F)(F)F)n1. The molecule has 0 spiro atoms. The molecule has 2 aromatic rings. The van der Waals surface area contributed by atoms with Gasteiger partial charge < -0.3 is 20.3 Å². The van der Waals surface area contributed by atoms with Crippen LogP contribution in [-0.2, 0) is 11.0 Å². The number of rotatable bonds is 6. The number of halogens is 8. The van der Waals surface area contributed by atoms with Gasteiger partial charge in [-0.05, 0) is 25.1 Å². The van der Waals surface area contributed by atoms with E-state index in [2.05, 4.69) is 25.3 Å². The number of carbonyl (C=O) groups is 2. The molecule has 1 fully saturated rings. The van der Waals surface area contributed by atoms with Crippen LogP contribution in [0.15, 0.2) is 24.4 Å². The number of nitrogens with zero attached hydrogens (tertiary/aromatic N) is 3. The average Bonchev–Trinajstić information content (AvgIpc) is 2.80. The van der Waals surface area contributed by atoms with E-state index in [1.807, 2.05) is 0 Å². The fraction of sp³-hybridized carbons (Fsp3) is 0.400. The van der Waals surface area contributed by atoms with Crippen LogP contribution >= 0.6 is 0 Å². The van der Waals surface area contributed by atoms with E-state index in [-0.39, 0.29) is 18.7 Å². The van der Waals surface area contributed by atoms with Crippen molar-refractivity contribution in [2.45, 2.75) is 38.0 Å². The molecule has 1 unspecified atom stereocenters. The summed E-state index contributed by atoms with van der Waals surface area (Å²) >= 11 is 0. The van der Waals surface area contributed by atoms with Gasteiger partial charge in [0.05, 0.1) is 11.7 Å². The minimum Gasteiger partial charge on any atom is -0.435 e. The van der Waals surface area contributed by atoms with Crippen molar-refractivity contribution in [3.05, 3.63) is 53.0 Å². The first kappa shape index (κ1) is 26.9. The summed E-state index contributed by atoms with van der Waals surface area (Å²) in [6, 6.07) is -1.88. The third-order valence-electron chi connectivity index (χ3n) is 5.04. The summed E-state index contributed by atoms with van der Waals surface area (Å²) in [5.41, 5.74) is -2.89. The summed E-state index contributed by atoms with van der Waals surface area (Å²) < 4.78 is 110. The van der Waals surface area contributed by atoms with Crippen molar-refractivity contribution in [1.82, 2.24) is 25.5 Å². The topological polar surface area (TPSA) is 96.5 Å². The molecule has 16 heteroatoms. The molecule has 196 valence electrons. The molecule has 0 aliphatic carbocycles. The molecule has 1 saturated heterocycles. The van der Waals surface area contributed by atoms with Crippen molar-refractivity contribution in [1.29, 1.82) is 0 Å². The Morgan fingerprint density at radius 2 is 1.92 bits per heavy atom. The summed E-state index contributed by atoms with van der Waals surface area (Å²) in [7, 11) is 0. The molecule has 0 saturated carbocycles. The maximum absolute atomic E-state index is 14.5. The van der Waals surface area contributed by atoms with Gasteiger partial charge in [-0.1, -0.05) is 0 Å². The van der Waals surface area contributed by atoms with E-state index in [0.717, 1.165) is 11.0 Å². The Balaban J connectivity index is 2.02. The molecule has 36 heavy (non-hydrogen) atoms. The number of amides is 3. The summed E-state index contributed by atoms with van der Waals surface area (Å²) in [6.45, 7) is 1.47. The number of carbonyl (C=O) groups excluding carboxylic acids is 2. The Labute approximate surface area is 197 Å². The lowest BCUT2D eigenvalue weighted by Crippen LogP contribution is -2.58. The molecule has 1 aliphatic rings. The van der Waals surface area contributed by atoms with Crippen molar-refractivity contribution in [3.63, 3.8) is 0 Å². The number of ether oxygens (including phenoxy) is 1. The molecule has 3 atom stereocenters. The normalized spacial score (nSPS) is 18.0. The molecular weight excluding hydrogens is 510 g/mol. The lowest BCUT2D eigenvalue weighted by atomic mass is 10.0. The van der Waals surface area contributed by atoms with Crippen LogP contribution in [0.25, 0.3) is 0 Å². The van der Waals surface area contributed by atoms with Gasteiger partial charge in [-0.2, -0.15) is 17.6 Å². The number of alkyl halides is 6. The molecule has 2 aromatic heterocycles. The summed E-state index contributed by atoms with van der Waals surface area (Å²) in [5, 5.41) is 4.79. The van der Waals surface area contributed by atoms with Gasteiger partial charge in [0.2, 0.25) is 5.91 Å². The van der Waals surface area contributed by atoms with E-state index in [0.29, 0.717) is 18.3 Å². The highest BCUT2D eigenvalue weighted by molar-refractivity contribution is 5.88. The first-order valence-corrected chi connectivity index (χ1v) is 10.1. The third kappa shape index (κ3) is 5.91. The number of hydrogen-bond donors (Lipinski definition) is 2. The van der Waals surface area contributed by atoms with Gasteiger partial charge in [0.25, 0.3) is 12.2 Å². The molecular formula is C20H17F8N5O3. The van der Waals surface area contributed by atoms with E-state index in [1.54, 1.807) is 0 Å². The van der Waals surface area contributed by atoms with Crippen LogP contribution < -0.4 is 15.4 Å². The minimum absolute atomic E-state index is 0.0149. The maximum atomic E-state index is 14.5. The van der Waals surface area contributed by atoms with E-state index < -0.39 is 71.9 Å². The Morgan fingerprint density at radius 1 is 1.22 bits per heavy atom. The maximum Gasteiger partial charge on any atom is 0.436 e. The molecule has 0 radical (unpaired) electrons. The van der Waals surface area contributed by atoms with Crippen molar-refractivity contribution >= 4 is 11.9 Å². The van der Waals surface area contributed by atoms with Crippen molar-refractivity contribution < 1.29 is 49.4 Å². The summed E-state index contributed by atoms with van der Waals surface area (Å²) in [5.74, 6) is -4.90. The predicted molar refractivity (Wildman–Crippen MR) is 104 cm³/mol. The van der Waals surface area contributed by atoms with Gasteiger partial charge in [-0.25, -0.2) is 32.3 Å². The van der Waals surface area contributed by atoms with Gasteiger partial charge in [-0.15, -0.1) is 0 Å². The van der Waals surface area contributed by atoms with Crippen LogP contribution in [-0.4, -0.2) is 58.7 Å².